The average molecular weight is 584 g/mol. The quantitative estimate of drug-likeness (QED) is 0.105. The summed E-state index contributed by atoms with van der Waals surface area (Å²) in [5, 5.41) is 8.81. The lowest BCUT2D eigenvalue weighted by atomic mass is 10.2. The van der Waals surface area contributed by atoms with Gasteiger partial charge >= 0.3 is 0 Å². The van der Waals surface area contributed by atoms with E-state index in [0.29, 0.717) is 55.0 Å². The summed E-state index contributed by atoms with van der Waals surface area (Å²) in [6.45, 7) is 18.9. The van der Waals surface area contributed by atoms with Crippen molar-refractivity contribution in [2.45, 2.75) is 72.3 Å². The maximum absolute atomic E-state index is 12.3. The van der Waals surface area contributed by atoms with E-state index in [-0.39, 0.29) is 30.4 Å². The summed E-state index contributed by atoms with van der Waals surface area (Å²) in [4.78, 5) is 23.9. The second-order valence-corrected chi connectivity index (χ2v) is 12.3. The molecule has 2 amide bonds. The zero-order valence-corrected chi connectivity index (χ0v) is 26.6. The van der Waals surface area contributed by atoms with Gasteiger partial charge in [-0.3, -0.25) is 9.59 Å². The van der Waals surface area contributed by atoms with Gasteiger partial charge in [0.15, 0.2) is 0 Å². The molecule has 0 aliphatic carbocycles. The highest BCUT2D eigenvalue weighted by molar-refractivity contribution is 8.69. The van der Waals surface area contributed by atoms with Gasteiger partial charge in [0.05, 0.1) is 25.9 Å². The minimum atomic E-state index is -0.204. The van der Waals surface area contributed by atoms with Gasteiger partial charge < -0.3 is 30.2 Å². The fourth-order valence-electron chi connectivity index (χ4n) is 2.55. The number of rotatable bonds is 15. The lowest BCUT2D eigenvalue weighted by Crippen LogP contribution is -2.34. The first kappa shape index (κ1) is 37.1. The smallest absolute Gasteiger partial charge is 0.251 e. The summed E-state index contributed by atoms with van der Waals surface area (Å²) in [5.41, 5.74) is 0.549. The van der Waals surface area contributed by atoms with Crippen LogP contribution >= 0.6 is 22.5 Å². The molecule has 1 atom stereocenters. The molecule has 0 bridgehead atoms. The number of ether oxygens (including phenoxy) is 3. The van der Waals surface area contributed by atoms with Crippen LogP contribution in [0.15, 0.2) is 24.3 Å². The van der Waals surface area contributed by atoms with Crippen LogP contribution in [-0.2, 0) is 14.3 Å². The second-order valence-electron chi connectivity index (χ2n) is 10.4. The fourth-order valence-corrected chi connectivity index (χ4v) is 2.55. The highest BCUT2D eigenvalue weighted by Crippen LogP contribution is 2.25. The molecule has 0 spiro atoms. The number of amides is 2. The standard InChI is InChI=1S/C25H39N3O5.C4H10S2/c1-19(2)8-7-11-27-24(29)18-31-14-15-32-21(5)17-33-23-10-6-9-22(16-23)25(30)28-13-12-26-20(3)4;1-4(2,3)6-5/h6,9-10,16,19-21,26H,11-15,17-18H2,1-5H3,(H,27,29)(H,28,30);5H,1-3H3. The van der Waals surface area contributed by atoms with Gasteiger partial charge in [-0.25, -0.2) is 0 Å². The van der Waals surface area contributed by atoms with Gasteiger partial charge in [0.1, 0.15) is 19.0 Å². The van der Waals surface area contributed by atoms with Crippen LogP contribution < -0.4 is 20.7 Å². The Bertz CT molecular complexity index is 880. The molecule has 0 aromatic heterocycles. The van der Waals surface area contributed by atoms with Gasteiger partial charge in [-0.05, 0) is 25.1 Å². The van der Waals surface area contributed by atoms with Gasteiger partial charge in [0.2, 0.25) is 5.91 Å². The first-order valence-electron chi connectivity index (χ1n) is 13.4. The second kappa shape index (κ2) is 21.9. The van der Waals surface area contributed by atoms with Crippen LogP contribution in [0.4, 0.5) is 0 Å². The third kappa shape index (κ3) is 23.7. The minimum absolute atomic E-state index is 0.0278. The Hall–Kier alpha value is -1.90. The third-order valence-electron chi connectivity index (χ3n) is 4.45. The number of hydrogen-bond acceptors (Lipinski definition) is 8. The van der Waals surface area contributed by atoms with Gasteiger partial charge in [-0.1, -0.05) is 77.2 Å². The van der Waals surface area contributed by atoms with Gasteiger partial charge in [0.25, 0.3) is 5.91 Å². The van der Waals surface area contributed by atoms with Crippen molar-refractivity contribution >= 4 is 34.3 Å². The van der Waals surface area contributed by atoms with Gasteiger partial charge in [0, 0.05) is 35.4 Å². The van der Waals surface area contributed by atoms with Crippen LogP contribution in [-0.4, -0.2) is 74.8 Å². The van der Waals surface area contributed by atoms with E-state index in [1.54, 1.807) is 35.1 Å². The summed E-state index contributed by atoms with van der Waals surface area (Å²) >= 11 is 4.02. The van der Waals surface area contributed by atoms with Crippen molar-refractivity contribution in [3.63, 3.8) is 0 Å². The molecule has 0 radical (unpaired) electrons. The van der Waals surface area contributed by atoms with Crippen molar-refractivity contribution < 1.29 is 23.8 Å². The number of carbonyl (C=O) groups is 2. The van der Waals surface area contributed by atoms with Crippen molar-refractivity contribution in [3.8, 4) is 17.6 Å². The molecule has 0 heterocycles. The Kier molecular flexibility index (Phi) is 20.8. The Morgan fingerprint density at radius 3 is 2.36 bits per heavy atom. The van der Waals surface area contributed by atoms with E-state index in [1.165, 1.54) is 0 Å². The number of nitrogens with one attached hydrogen (secondary N) is 3. The van der Waals surface area contributed by atoms with Crippen LogP contribution in [0.25, 0.3) is 0 Å². The summed E-state index contributed by atoms with van der Waals surface area (Å²) in [7, 11) is 1.58. The van der Waals surface area contributed by atoms with Crippen molar-refractivity contribution in [2.75, 3.05) is 46.1 Å². The van der Waals surface area contributed by atoms with E-state index in [4.69, 9.17) is 14.2 Å². The Morgan fingerprint density at radius 2 is 1.74 bits per heavy atom. The molecule has 0 saturated carbocycles. The molecule has 39 heavy (non-hydrogen) atoms. The molecule has 0 fully saturated rings. The molecule has 1 unspecified atom stereocenters. The van der Waals surface area contributed by atoms with E-state index >= 15 is 0 Å². The third-order valence-corrected chi connectivity index (χ3v) is 6.64. The minimum Gasteiger partial charge on any atom is -0.491 e. The predicted molar refractivity (Wildman–Crippen MR) is 166 cm³/mol. The molecule has 222 valence electrons. The molecule has 0 saturated heterocycles. The van der Waals surface area contributed by atoms with Crippen molar-refractivity contribution in [1.82, 2.24) is 16.0 Å². The van der Waals surface area contributed by atoms with E-state index in [2.05, 4.69) is 74.1 Å². The lowest BCUT2D eigenvalue weighted by molar-refractivity contribution is -0.126. The van der Waals surface area contributed by atoms with Crippen molar-refractivity contribution in [3.05, 3.63) is 29.8 Å². The maximum atomic E-state index is 12.3. The van der Waals surface area contributed by atoms with E-state index < -0.39 is 0 Å². The molecule has 3 N–H and O–H groups in total. The van der Waals surface area contributed by atoms with E-state index in [0.717, 1.165) is 6.54 Å². The SMILES string of the molecule is CC(C)(C)SS.CC(C)C#CCNC(=O)COCCOC(C)COc1cccc(C(=O)NCCNC(C)C)c1. The lowest BCUT2D eigenvalue weighted by Gasteiger charge is -2.15. The number of hydrogen-bond donors (Lipinski definition) is 4. The molecule has 10 heteroatoms. The summed E-state index contributed by atoms with van der Waals surface area (Å²) in [6, 6.07) is 7.44. The van der Waals surface area contributed by atoms with Crippen LogP contribution in [0.5, 0.6) is 5.75 Å². The topological polar surface area (TPSA) is 97.9 Å². The van der Waals surface area contributed by atoms with E-state index in [1.807, 2.05) is 20.8 Å². The van der Waals surface area contributed by atoms with Crippen LogP contribution in [0, 0.1) is 17.8 Å². The average Bonchev–Trinajstić information content (AvgIpc) is 2.87. The Morgan fingerprint density at radius 1 is 1.05 bits per heavy atom. The molecule has 0 aliphatic rings. The molecule has 1 aromatic rings. The monoisotopic (exact) mass is 583 g/mol. The zero-order chi connectivity index (χ0) is 29.7. The number of benzene rings is 1. The highest BCUT2D eigenvalue weighted by atomic mass is 33.1. The first-order valence-corrected chi connectivity index (χ1v) is 15.2. The molecular weight excluding hydrogens is 534 g/mol. The maximum Gasteiger partial charge on any atom is 0.251 e. The van der Waals surface area contributed by atoms with Crippen LogP contribution in [0.3, 0.4) is 0 Å². The molecule has 1 aromatic carbocycles. The Labute approximate surface area is 245 Å². The molecule has 1 rings (SSSR count). The molecule has 8 nitrogen and oxygen atoms in total. The van der Waals surface area contributed by atoms with Crippen molar-refractivity contribution in [2.24, 2.45) is 5.92 Å². The highest BCUT2D eigenvalue weighted by Gasteiger charge is 2.09. The molecular formula is C29H49N3O5S2. The summed E-state index contributed by atoms with van der Waals surface area (Å²) < 4.78 is 17.0. The first-order chi connectivity index (χ1) is 18.3. The van der Waals surface area contributed by atoms with Crippen LogP contribution in [0.1, 0.15) is 65.7 Å². The van der Waals surface area contributed by atoms with Gasteiger partial charge in [-0.15, -0.1) is 11.7 Å². The molecule has 0 aliphatic heterocycles. The normalized spacial score (nSPS) is 11.7. The van der Waals surface area contributed by atoms with E-state index in [9.17, 15) is 9.59 Å². The number of carbonyl (C=O) groups excluding carboxylic acids is 2. The fraction of sp³-hybridized carbons (Fsp3) is 0.655. The van der Waals surface area contributed by atoms with Gasteiger partial charge in [-0.2, -0.15) is 0 Å². The zero-order valence-electron chi connectivity index (χ0n) is 24.9. The predicted octanol–water partition coefficient (Wildman–Crippen LogP) is 4.35. The Balaban J connectivity index is 0.00000215. The summed E-state index contributed by atoms with van der Waals surface area (Å²) in [5.74, 6) is 6.41. The largest absolute Gasteiger partial charge is 0.491 e. The van der Waals surface area contributed by atoms with Crippen LogP contribution in [0.2, 0.25) is 0 Å². The van der Waals surface area contributed by atoms with Crippen molar-refractivity contribution in [1.29, 1.82) is 0 Å². The number of thiol groups is 1. The summed E-state index contributed by atoms with van der Waals surface area (Å²) in [6.07, 6.45) is -0.173.